The topological polar surface area (TPSA) is 75.0 Å². The van der Waals surface area contributed by atoms with Crippen molar-refractivity contribution in [2.75, 3.05) is 14.1 Å². The number of hydroxylamine groups is 3. The molecule has 0 spiro atoms. The number of ether oxygens (including phenoxy) is 1. The van der Waals surface area contributed by atoms with E-state index in [1.54, 1.807) is 36.9 Å². The van der Waals surface area contributed by atoms with Gasteiger partial charge in [0.1, 0.15) is 18.5 Å². The van der Waals surface area contributed by atoms with E-state index in [0.29, 0.717) is 37.8 Å². The summed E-state index contributed by atoms with van der Waals surface area (Å²) >= 11 is 12.3. The molecule has 1 aromatic carbocycles. The van der Waals surface area contributed by atoms with E-state index < -0.39 is 0 Å². The van der Waals surface area contributed by atoms with Crippen molar-refractivity contribution in [2.45, 2.75) is 39.5 Å². The molecule has 0 saturated heterocycles. The molecule has 0 aliphatic rings. The lowest BCUT2D eigenvalue weighted by atomic mass is 10.1. The summed E-state index contributed by atoms with van der Waals surface area (Å²) in [6.45, 7) is 6.81. The minimum Gasteiger partial charge on any atom is -0.486 e. The van der Waals surface area contributed by atoms with Gasteiger partial charge in [0.05, 0.1) is 26.5 Å². The monoisotopic (exact) mass is 451 g/mol. The molecule has 0 radical (unpaired) electrons. The van der Waals surface area contributed by atoms with Crippen LogP contribution < -0.4 is 4.74 Å². The molecule has 8 nitrogen and oxygen atoms in total. The highest BCUT2D eigenvalue weighted by atomic mass is 35.5. The van der Waals surface area contributed by atoms with E-state index in [4.69, 9.17) is 32.8 Å². The zero-order valence-corrected chi connectivity index (χ0v) is 19.1. The van der Waals surface area contributed by atoms with E-state index in [1.807, 2.05) is 14.1 Å². The Morgan fingerprint density at radius 1 is 1.00 bits per heavy atom. The highest BCUT2D eigenvalue weighted by molar-refractivity contribution is 6.35. The minimum atomic E-state index is -0.0737. The van der Waals surface area contributed by atoms with Crippen LogP contribution in [0.5, 0.6) is 5.75 Å². The summed E-state index contributed by atoms with van der Waals surface area (Å²) in [5, 5.41) is 5.48. The molecule has 30 heavy (non-hydrogen) atoms. The van der Waals surface area contributed by atoms with Crippen LogP contribution >= 0.6 is 23.2 Å². The van der Waals surface area contributed by atoms with E-state index in [0.717, 1.165) is 0 Å². The third-order valence-electron chi connectivity index (χ3n) is 4.94. The number of hydrogen-bond acceptors (Lipinski definition) is 6. The Kier molecular flexibility index (Phi) is 6.62. The number of rotatable bonds is 7. The van der Waals surface area contributed by atoms with Crippen LogP contribution in [0.1, 0.15) is 32.2 Å². The van der Waals surface area contributed by atoms with Gasteiger partial charge in [0, 0.05) is 15.6 Å². The fourth-order valence-corrected chi connectivity index (χ4v) is 2.71. The fourth-order valence-electron chi connectivity index (χ4n) is 2.20. The molecule has 0 saturated carbocycles. The van der Waals surface area contributed by atoms with E-state index >= 15 is 0 Å². The summed E-state index contributed by atoms with van der Waals surface area (Å²) < 4.78 is 7.56. The van der Waals surface area contributed by atoms with Gasteiger partial charge in [0.2, 0.25) is 0 Å². The molecule has 160 valence electrons. The van der Waals surface area contributed by atoms with Gasteiger partial charge in [-0.2, -0.15) is 14.2 Å². The van der Waals surface area contributed by atoms with Gasteiger partial charge in [0.25, 0.3) is 5.95 Å². The SMILES string of the molecule is CC(C)(C)[N+](C)(C)OCc1ncn(-c2ncc(OCc3c(Cl)cccc3Cl)cn2)n1. The van der Waals surface area contributed by atoms with Crippen molar-refractivity contribution in [3.8, 4) is 11.7 Å². The predicted octanol–water partition coefficient (Wildman–Crippen LogP) is 4.25. The van der Waals surface area contributed by atoms with Gasteiger partial charge in [-0.3, -0.25) is 0 Å². The molecular formula is C20H25Cl2N6O2+. The first-order valence-electron chi connectivity index (χ1n) is 9.34. The van der Waals surface area contributed by atoms with Crippen LogP contribution in [0.25, 0.3) is 5.95 Å². The van der Waals surface area contributed by atoms with Gasteiger partial charge >= 0.3 is 0 Å². The van der Waals surface area contributed by atoms with E-state index in [-0.39, 0.29) is 18.8 Å². The summed E-state index contributed by atoms with van der Waals surface area (Å²) in [6, 6.07) is 5.31. The first-order chi connectivity index (χ1) is 14.1. The third kappa shape index (κ3) is 5.26. The highest BCUT2D eigenvalue weighted by Gasteiger charge is 2.34. The Morgan fingerprint density at radius 2 is 1.63 bits per heavy atom. The maximum absolute atomic E-state index is 6.16. The minimum absolute atomic E-state index is 0.0737. The zero-order valence-electron chi connectivity index (χ0n) is 17.6. The van der Waals surface area contributed by atoms with Gasteiger partial charge in [0.15, 0.2) is 18.2 Å². The van der Waals surface area contributed by atoms with Crippen LogP contribution in [0.4, 0.5) is 0 Å². The first kappa shape index (κ1) is 22.4. The van der Waals surface area contributed by atoms with Crippen molar-refractivity contribution >= 4 is 23.2 Å². The smallest absolute Gasteiger partial charge is 0.252 e. The molecule has 3 aromatic rings. The summed E-state index contributed by atoms with van der Waals surface area (Å²) in [4.78, 5) is 18.8. The average molecular weight is 452 g/mol. The molecule has 0 aliphatic heterocycles. The van der Waals surface area contributed by atoms with Crippen molar-refractivity contribution in [2.24, 2.45) is 0 Å². The average Bonchev–Trinajstić information content (AvgIpc) is 3.15. The van der Waals surface area contributed by atoms with Crippen molar-refractivity contribution in [3.63, 3.8) is 0 Å². The molecule has 0 N–H and O–H groups in total. The zero-order chi connectivity index (χ0) is 21.9. The van der Waals surface area contributed by atoms with Gasteiger partial charge in [-0.25, -0.2) is 15.0 Å². The lowest BCUT2D eigenvalue weighted by Crippen LogP contribution is -2.53. The fraction of sp³-hybridized carbons (Fsp3) is 0.400. The van der Waals surface area contributed by atoms with Crippen molar-refractivity contribution < 1.29 is 14.2 Å². The molecule has 10 heteroatoms. The van der Waals surface area contributed by atoms with Crippen LogP contribution in [0.2, 0.25) is 10.0 Å². The first-order valence-corrected chi connectivity index (χ1v) is 10.1. The molecular weight excluding hydrogens is 427 g/mol. The molecule has 0 atom stereocenters. The quantitative estimate of drug-likeness (QED) is 0.394. The van der Waals surface area contributed by atoms with Crippen LogP contribution in [0.15, 0.2) is 36.9 Å². The number of benzene rings is 1. The molecule has 0 aliphatic carbocycles. The van der Waals surface area contributed by atoms with Gasteiger partial charge in [-0.1, -0.05) is 29.3 Å². The lowest BCUT2D eigenvalue weighted by molar-refractivity contribution is -1.11. The number of quaternary nitrogens is 1. The standard InChI is InChI=1S/C20H25Cl2N6O2/c1-20(2,3)28(4,5)30-12-18-25-13-27(26-18)19-23-9-14(10-24-19)29-11-15-16(21)7-6-8-17(15)22/h6-10,13H,11-12H2,1-5H3/q+1. The Morgan fingerprint density at radius 3 is 2.23 bits per heavy atom. The summed E-state index contributed by atoms with van der Waals surface area (Å²) in [6.07, 6.45) is 4.67. The number of hydrogen-bond donors (Lipinski definition) is 0. The molecule has 2 aromatic heterocycles. The van der Waals surface area contributed by atoms with Crippen LogP contribution in [0.3, 0.4) is 0 Å². The van der Waals surface area contributed by atoms with Crippen LogP contribution in [-0.2, 0) is 18.1 Å². The van der Waals surface area contributed by atoms with Crippen LogP contribution in [-0.4, -0.2) is 49.0 Å². The van der Waals surface area contributed by atoms with E-state index in [9.17, 15) is 0 Å². The Balaban J connectivity index is 1.62. The van der Waals surface area contributed by atoms with Gasteiger partial charge in [-0.15, -0.1) is 5.10 Å². The molecule has 0 bridgehead atoms. The number of aromatic nitrogens is 5. The van der Waals surface area contributed by atoms with Gasteiger partial charge < -0.3 is 4.74 Å². The van der Waals surface area contributed by atoms with E-state index in [2.05, 4.69) is 40.8 Å². The molecule has 0 fully saturated rings. The molecule has 0 amide bonds. The molecule has 0 unspecified atom stereocenters. The highest BCUT2D eigenvalue weighted by Crippen LogP contribution is 2.25. The van der Waals surface area contributed by atoms with E-state index in [1.165, 1.54) is 4.68 Å². The number of halogens is 2. The lowest BCUT2D eigenvalue weighted by Gasteiger charge is -2.38. The second-order valence-electron chi connectivity index (χ2n) is 8.11. The van der Waals surface area contributed by atoms with Crippen molar-refractivity contribution in [1.29, 1.82) is 0 Å². The second-order valence-corrected chi connectivity index (χ2v) is 8.92. The summed E-state index contributed by atoms with van der Waals surface area (Å²) in [5.41, 5.74) is 0.637. The molecule has 2 heterocycles. The van der Waals surface area contributed by atoms with Crippen molar-refractivity contribution in [1.82, 2.24) is 24.7 Å². The van der Waals surface area contributed by atoms with Crippen molar-refractivity contribution in [3.05, 3.63) is 58.4 Å². The second kappa shape index (κ2) is 8.85. The number of nitrogens with zero attached hydrogens (tertiary/aromatic N) is 6. The predicted molar refractivity (Wildman–Crippen MR) is 114 cm³/mol. The summed E-state index contributed by atoms with van der Waals surface area (Å²) in [7, 11) is 3.99. The Hall–Kier alpha value is -2.26. The maximum Gasteiger partial charge on any atom is 0.252 e. The maximum atomic E-state index is 6.16. The summed E-state index contributed by atoms with van der Waals surface area (Å²) in [5.74, 6) is 1.41. The van der Waals surface area contributed by atoms with Crippen LogP contribution in [0, 0.1) is 0 Å². The normalized spacial score (nSPS) is 12.2. The third-order valence-corrected chi connectivity index (χ3v) is 5.64. The Labute approximate surface area is 185 Å². The largest absolute Gasteiger partial charge is 0.486 e. The Bertz CT molecular complexity index is 979. The van der Waals surface area contributed by atoms with Gasteiger partial charge in [-0.05, 0) is 32.9 Å². The molecule has 3 rings (SSSR count).